The number of unbranched alkanes of at least 4 members (excludes halogenated alkanes) is 2. The zero-order valence-corrected chi connectivity index (χ0v) is 17.7. The van der Waals surface area contributed by atoms with Crippen LogP contribution in [0.15, 0.2) is 60.7 Å². The van der Waals surface area contributed by atoms with Crippen LogP contribution in [0.1, 0.15) is 38.5 Å². The van der Waals surface area contributed by atoms with Gasteiger partial charge in [0.1, 0.15) is 0 Å². The lowest BCUT2D eigenvalue weighted by Crippen LogP contribution is -2.30. The molecule has 3 nitrogen and oxygen atoms in total. The Kier molecular flexibility index (Phi) is 5.80. The molecule has 3 aromatic carbocycles. The molecule has 0 saturated carbocycles. The van der Waals surface area contributed by atoms with Gasteiger partial charge in [0.15, 0.2) is 0 Å². The van der Waals surface area contributed by atoms with Crippen LogP contribution in [0.25, 0.3) is 32.6 Å². The minimum absolute atomic E-state index is 1.01. The highest BCUT2D eigenvalue weighted by Gasteiger charge is 2.12. The predicted molar refractivity (Wildman–Crippen MR) is 129 cm³/mol. The van der Waals surface area contributed by atoms with Gasteiger partial charge >= 0.3 is 0 Å². The first-order chi connectivity index (χ1) is 14.9. The van der Waals surface area contributed by atoms with Crippen LogP contribution in [0, 0.1) is 0 Å². The van der Waals surface area contributed by atoms with E-state index in [-0.39, 0.29) is 0 Å². The summed E-state index contributed by atoms with van der Waals surface area (Å²) in [6.07, 6.45) is 8.00. The zero-order valence-electron chi connectivity index (χ0n) is 17.7. The van der Waals surface area contributed by atoms with Crippen molar-refractivity contribution in [1.82, 2.24) is 9.88 Å². The summed E-state index contributed by atoms with van der Waals surface area (Å²) in [4.78, 5) is 7.68. The number of rotatable bonds is 7. The van der Waals surface area contributed by atoms with Crippen molar-refractivity contribution in [2.45, 2.75) is 38.5 Å². The number of para-hydroxylation sites is 1. The number of aromatic nitrogens is 1. The molecule has 1 aliphatic heterocycles. The van der Waals surface area contributed by atoms with Gasteiger partial charge in [-0.1, -0.05) is 67.4 Å². The number of fused-ring (bicyclic) bond motifs is 4. The number of pyridine rings is 1. The second-order valence-electron chi connectivity index (χ2n) is 8.58. The lowest BCUT2D eigenvalue weighted by molar-refractivity contribution is 0.224. The zero-order chi connectivity index (χ0) is 20.2. The van der Waals surface area contributed by atoms with Gasteiger partial charge < -0.3 is 10.2 Å². The quantitative estimate of drug-likeness (QED) is 0.216. The van der Waals surface area contributed by atoms with Crippen LogP contribution >= 0.6 is 0 Å². The second-order valence-corrected chi connectivity index (χ2v) is 8.58. The van der Waals surface area contributed by atoms with Crippen LogP contribution in [0.2, 0.25) is 0 Å². The Morgan fingerprint density at radius 3 is 2.43 bits per heavy atom. The molecule has 0 radical (unpaired) electrons. The SMILES string of the molecule is c1ccc2c(c1)ccc1c(NCCCCCN3CCCCC3)c3ccccc3nc12. The van der Waals surface area contributed by atoms with E-state index >= 15 is 0 Å². The first-order valence-corrected chi connectivity index (χ1v) is 11.6. The van der Waals surface area contributed by atoms with E-state index in [1.54, 1.807) is 0 Å². The summed E-state index contributed by atoms with van der Waals surface area (Å²) >= 11 is 0. The van der Waals surface area contributed by atoms with Gasteiger partial charge in [-0.25, -0.2) is 4.98 Å². The molecule has 4 aromatic rings. The average Bonchev–Trinajstić information content (AvgIpc) is 2.81. The number of likely N-dealkylation sites (tertiary alicyclic amines) is 1. The van der Waals surface area contributed by atoms with Crippen molar-refractivity contribution in [1.29, 1.82) is 0 Å². The van der Waals surface area contributed by atoms with Gasteiger partial charge in [0, 0.05) is 22.7 Å². The van der Waals surface area contributed by atoms with Gasteiger partial charge in [0.05, 0.1) is 16.7 Å². The van der Waals surface area contributed by atoms with Crippen molar-refractivity contribution < 1.29 is 0 Å². The Labute approximate surface area is 179 Å². The fourth-order valence-electron chi connectivity index (χ4n) is 4.85. The lowest BCUT2D eigenvalue weighted by atomic mass is 10.0. The minimum Gasteiger partial charge on any atom is -0.384 e. The normalized spacial score (nSPS) is 15.2. The van der Waals surface area contributed by atoms with E-state index in [0.29, 0.717) is 0 Å². The molecular weight excluding hydrogens is 366 g/mol. The van der Waals surface area contributed by atoms with Gasteiger partial charge in [0.2, 0.25) is 0 Å². The number of hydrogen-bond donors (Lipinski definition) is 1. The summed E-state index contributed by atoms with van der Waals surface area (Å²) in [7, 11) is 0. The minimum atomic E-state index is 1.01. The van der Waals surface area contributed by atoms with E-state index in [4.69, 9.17) is 4.98 Å². The molecule has 1 saturated heterocycles. The Balaban J connectivity index is 1.34. The largest absolute Gasteiger partial charge is 0.384 e. The van der Waals surface area contributed by atoms with Gasteiger partial charge in [0.25, 0.3) is 0 Å². The molecule has 0 amide bonds. The summed E-state index contributed by atoms with van der Waals surface area (Å²) in [5, 5.41) is 8.69. The molecule has 2 heterocycles. The molecule has 0 atom stereocenters. The maximum absolute atomic E-state index is 5.03. The summed E-state index contributed by atoms with van der Waals surface area (Å²) < 4.78 is 0. The van der Waals surface area contributed by atoms with Crippen LogP contribution in [-0.2, 0) is 0 Å². The lowest BCUT2D eigenvalue weighted by Gasteiger charge is -2.26. The van der Waals surface area contributed by atoms with Gasteiger partial charge in [-0.05, 0) is 56.8 Å². The summed E-state index contributed by atoms with van der Waals surface area (Å²) in [6, 6.07) is 21.5. The van der Waals surface area contributed by atoms with Crippen molar-refractivity contribution in [3.63, 3.8) is 0 Å². The molecule has 5 rings (SSSR count). The second kappa shape index (κ2) is 9.01. The molecule has 1 aromatic heterocycles. The van der Waals surface area contributed by atoms with Gasteiger partial charge in [-0.15, -0.1) is 0 Å². The fraction of sp³-hybridized carbons (Fsp3) is 0.370. The molecular formula is C27H31N3. The van der Waals surface area contributed by atoms with Crippen molar-refractivity contribution in [2.75, 3.05) is 31.5 Å². The number of nitrogens with zero attached hydrogens (tertiary/aromatic N) is 2. The number of anilines is 1. The Morgan fingerprint density at radius 2 is 1.53 bits per heavy atom. The third-order valence-corrected chi connectivity index (χ3v) is 6.48. The first-order valence-electron chi connectivity index (χ1n) is 11.6. The van der Waals surface area contributed by atoms with Crippen molar-refractivity contribution in [3.8, 4) is 0 Å². The predicted octanol–water partition coefficient (Wildman–Crippen LogP) is 6.61. The maximum atomic E-state index is 5.03. The van der Waals surface area contributed by atoms with E-state index in [9.17, 15) is 0 Å². The first kappa shape index (κ1) is 19.3. The van der Waals surface area contributed by atoms with Crippen LogP contribution in [-0.4, -0.2) is 36.1 Å². The molecule has 0 unspecified atom stereocenters. The fourth-order valence-corrected chi connectivity index (χ4v) is 4.85. The summed E-state index contributed by atoms with van der Waals surface area (Å²) in [5.41, 5.74) is 3.39. The van der Waals surface area contributed by atoms with E-state index < -0.39 is 0 Å². The van der Waals surface area contributed by atoms with Crippen LogP contribution in [0.3, 0.4) is 0 Å². The Hall–Kier alpha value is -2.65. The van der Waals surface area contributed by atoms with Crippen LogP contribution < -0.4 is 5.32 Å². The molecule has 1 fully saturated rings. The topological polar surface area (TPSA) is 28.2 Å². The van der Waals surface area contributed by atoms with Crippen LogP contribution in [0.5, 0.6) is 0 Å². The number of nitrogens with one attached hydrogen (secondary N) is 1. The van der Waals surface area contributed by atoms with E-state index in [2.05, 4.69) is 70.9 Å². The highest BCUT2D eigenvalue weighted by molar-refractivity contribution is 6.15. The Bertz CT molecular complexity index is 1140. The molecule has 0 bridgehead atoms. The summed E-state index contributed by atoms with van der Waals surface area (Å²) in [5.74, 6) is 0. The number of hydrogen-bond acceptors (Lipinski definition) is 3. The molecule has 3 heteroatoms. The molecule has 1 aliphatic rings. The average molecular weight is 398 g/mol. The van der Waals surface area contributed by atoms with E-state index in [1.807, 2.05) is 0 Å². The van der Waals surface area contributed by atoms with E-state index in [0.717, 1.165) is 17.6 Å². The molecule has 154 valence electrons. The molecule has 0 spiro atoms. The van der Waals surface area contributed by atoms with Crippen molar-refractivity contribution in [2.24, 2.45) is 0 Å². The monoisotopic (exact) mass is 397 g/mol. The molecule has 0 aliphatic carbocycles. The van der Waals surface area contributed by atoms with E-state index in [1.165, 1.54) is 85.4 Å². The summed E-state index contributed by atoms with van der Waals surface area (Å²) in [6.45, 7) is 4.89. The smallest absolute Gasteiger partial charge is 0.0808 e. The maximum Gasteiger partial charge on any atom is 0.0808 e. The third-order valence-electron chi connectivity index (χ3n) is 6.48. The Morgan fingerprint density at radius 1 is 0.733 bits per heavy atom. The number of benzene rings is 3. The molecule has 30 heavy (non-hydrogen) atoms. The number of piperidine rings is 1. The van der Waals surface area contributed by atoms with Gasteiger partial charge in [-0.3, -0.25) is 0 Å². The highest BCUT2D eigenvalue weighted by atomic mass is 15.1. The van der Waals surface area contributed by atoms with Crippen LogP contribution in [0.4, 0.5) is 5.69 Å². The standard InChI is InChI=1S/C27H31N3/c1(8-18-30-19-9-2-10-20-30)7-17-28-26-23-13-5-6-14-25(23)29-27-22-12-4-3-11-21(22)15-16-24(26)27/h3-6,11-16H,1-2,7-10,17-20H2,(H,28,29). The van der Waals surface area contributed by atoms with Crippen molar-refractivity contribution in [3.05, 3.63) is 60.7 Å². The molecule has 1 N–H and O–H groups in total. The van der Waals surface area contributed by atoms with Crippen molar-refractivity contribution >= 4 is 38.3 Å². The van der Waals surface area contributed by atoms with Gasteiger partial charge in [-0.2, -0.15) is 0 Å². The highest BCUT2D eigenvalue weighted by Crippen LogP contribution is 2.34. The third kappa shape index (κ3) is 3.99.